The van der Waals surface area contributed by atoms with E-state index in [2.05, 4.69) is 5.32 Å². The second-order valence-corrected chi connectivity index (χ2v) is 8.25. The fraction of sp³-hybridized carbons (Fsp3) is 0.154. The number of primary amides is 1. The Hall–Kier alpha value is -4.46. The summed E-state index contributed by atoms with van der Waals surface area (Å²) < 4.78 is 0. The number of amides is 4. The number of benzene rings is 3. The molecule has 0 saturated heterocycles. The van der Waals surface area contributed by atoms with E-state index in [0.29, 0.717) is 41.0 Å². The zero-order chi connectivity index (χ0) is 23.8. The van der Waals surface area contributed by atoms with Crippen LogP contribution in [0.3, 0.4) is 0 Å². The Kier molecular flexibility index (Phi) is 5.33. The average Bonchev–Trinajstić information content (AvgIpc) is 3.14. The molecule has 170 valence electrons. The standard InChI is InChI=1S/C26H22N4O4/c27-23(32)16-11-13-17(14-12-16)28-22(31)10-5-15-29-24-18-6-1-2-7-19(18)26(34)30(24)21-9-4-3-8-20(21)25(29)33/h1-4,6-9,11-14,24H,5,10,15H2,(H2,27,32)(H,28,31)/t24-/m0/s1. The summed E-state index contributed by atoms with van der Waals surface area (Å²) in [5.41, 5.74) is 8.59. The van der Waals surface area contributed by atoms with Crippen LogP contribution >= 0.6 is 0 Å². The Labute approximate surface area is 196 Å². The molecule has 1 atom stereocenters. The molecule has 5 rings (SSSR count). The van der Waals surface area contributed by atoms with Crippen molar-refractivity contribution in [3.8, 4) is 0 Å². The summed E-state index contributed by atoms with van der Waals surface area (Å²) in [5, 5.41) is 2.78. The molecule has 3 aromatic carbocycles. The Balaban J connectivity index is 1.32. The molecule has 8 heteroatoms. The van der Waals surface area contributed by atoms with Crippen molar-refractivity contribution in [2.24, 2.45) is 5.73 Å². The van der Waals surface area contributed by atoms with E-state index in [1.54, 1.807) is 58.3 Å². The summed E-state index contributed by atoms with van der Waals surface area (Å²) in [5.74, 6) is -1.05. The minimum Gasteiger partial charge on any atom is -0.366 e. The third-order valence-corrected chi connectivity index (χ3v) is 6.14. The van der Waals surface area contributed by atoms with Gasteiger partial charge in [0.05, 0.1) is 11.3 Å². The van der Waals surface area contributed by atoms with E-state index in [4.69, 9.17) is 5.73 Å². The molecule has 0 bridgehead atoms. The lowest BCUT2D eigenvalue weighted by Crippen LogP contribution is -2.48. The van der Waals surface area contributed by atoms with Crippen LogP contribution in [-0.4, -0.2) is 35.1 Å². The molecule has 0 aromatic heterocycles. The molecular weight excluding hydrogens is 432 g/mol. The molecule has 0 unspecified atom stereocenters. The van der Waals surface area contributed by atoms with Gasteiger partial charge in [-0.25, -0.2) is 0 Å². The highest BCUT2D eigenvalue weighted by Gasteiger charge is 2.47. The number of hydrogen-bond donors (Lipinski definition) is 2. The largest absolute Gasteiger partial charge is 0.366 e. The van der Waals surface area contributed by atoms with Crippen molar-refractivity contribution in [3.05, 3.63) is 95.1 Å². The number of carbonyl (C=O) groups is 4. The van der Waals surface area contributed by atoms with Gasteiger partial charge in [0.15, 0.2) is 0 Å². The molecule has 3 aromatic rings. The molecule has 8 nitrogen and oxygen atoms in total. The van der Waals surface area contributed by atoms with E-state index in [0.717, 1.165) is 5.56 Å². The summed E-state index contributed by atoms with van der Waals surface area (Å²) >= 11 is 0. The van der Waals surface area contributed by atoms with Crippen LogP contribution in [0.15, 0.2) is 72.8 Å². The van der Waals surface area contributed by atoms with Crippen molar-refractivity contribution in [3.63, 3.8) is 0 Å². The van der Waals surface area contributed by atoms with Gasteiger partial charge in [-0.2, -0.15) is 0 Å². The van der Waals surface area contributed by atoms with Crippen LogP contribution in [-0.2, 0) is 4.79 Å². The lowest BCUT2D eigenvalue weighted by atomic mass is 10.0. The van der Waals surface area contributed by atoms with Gasteiger partial charge in [0.25, 0.3) is 11.8 Å². The number of anilines is 2. The maximum absolute atomic E-state index is 13.4. The molecule has 0 saturated carbocycles. The third kappa shape index (κ3) is 3.59. The van der Waals surface area contributed by atoms with Crippen molar-refractivity contribution in [2.45, 2.75) is 19.0 Å². The summed E-state index contributed by atoms with van der Waals surface area (Å²) in [6.07, 6.45) is 0.0704. The van der Waals surface area contributed by atoms with Crippen LogP contribution in [0.25, 0.3) is 0 Å². The van der Waals surface area contributed by atoms with Crippen LogP contribution < -0.4 is 16.0 Å². The number of rotatable bonds is 6. The predicted molar refractivity (Wildman–Crippen MR) is 126 cm³/mol. The van der Waals surface area contributed by atoms with Gasteiger partial charge in [0.2, 0.25) is 11.8 Å². The molecule has 0 aliphatic carbocycles. The highest BCUT2D eigenvalue weighted by molar-refractivity contribution is 6.16. The molecule has 0 spiro atoms. The maximum atomic E-state index is 13.4. The number of nitrogens with one attached hydrogen (secondary N) is 1. The highest BCUT2D eigenvalue weighted by Crippen LogP contribution is 2.45. The van der Waals surface area contributed by atoms with E-state index in [1.165, 1.54) is 0 Å². The van der Waals surface area contributed by atoms with Gasteiger partial charge in [-0.1, -0.05) is 30.3 Å². The van der Waals surface area contributed by atoms with E-state index in [-0.39, 0.29) is 24.1 Å². The fourth-order valence-corrected chi connectivity index (χ4v) is 4.55. The van der Waals surface area contributed by atoms with Crippen LogP contribution in [0.5, 0.6) is 0 Å². The second kappa shape index (κ2) is 8.47. The number of nitrogens with two attached hydrogens (primary N) is 1. The summed E-state index contributed by atoms with van der Waals surface area (Å²) in [7, 11) is 0. The lowest BCUT2D eigenvalue weighted by molar-refractivity contribution is -0.116. The quantitative estimate of drug-likeness (QED) is 0.595. The number of hydrogen-bond acceptors (Lipinski definition) is 4. The Morgan fingerprint density at radius 2 is 1.53 bits per heavy atom. The van der Waals surface area contributed by atoms with Gasteiger partial charge >= 0.3 is 0 Å². The predicted octanol–water partition coefficient (Wildman–Crippen LogP) is 3.32. The van der Waals surface area contributed by atoms with Gasteiger partial charge in [0, 0.05) is 35.3 Å². The average molecular weight is 454 g/mol. The first-order chi connectivity index (χ1) is 16.5. The van der Waals surface area contributed by atoms with Gasteiger partial charge in [-0.3, -0.25) is 24.1 Å². The van der Waals surface area contributed by atoms with E-state index >= 15 is 0 Å². The number of fused-ring (bicyclic) bond motifs is 5. The van der Waals surface area contributed by atoms with Gasteiger partial charge in [-0.05, 0) is 48.9 Å². The van der Waals surface area contributed by atoms with E-state index < -0.39 is 12.1 Å². The number of para-hydroxylation sites is 1. The van der Waals surface area contributed by atoms with Crippen molar-refractivity contribution < 1.29 is 19.2 Å². The zero-order valence-electron chi connectivity index (χ0n) is 18.2. The minimum atomic E-state index is -0.535. The molecule has 0 radical (unpaired) electrons. The first-order valence-corrected chi connectivity index (χ1v) is 11.0. The number of nitrogens with zero attached hydrogens (tertiary/aromatic N) is 2. The normalized spacial score (nSPS) is 16.1. The first kappa shape index (κ1) is 21.4. The molecule has 34 heavy (non-hydrogen) atoms. The lowest BCUT2D eigenvalue weighted by Gasteiger charge is -2.41. The van der Waals surface area contributed by atoms with E-state index in [9.17, 15) is 19.2 Å². The van der Waals surface area contributed by atoms with Crippen molar-refractivity contribution in [2.75, 3.05) is 16.8 Å². The number of carbonyl (C=O) groups excluding carboxylic acids is 4. The fourth-order valence-electron chi connectivity index (χ4n) is 4.55. The molecule has 2 heterocycles. The molecule has 4 amide bonds. The molecule has 2 aliphatic rings. The summed E-state index contributed by atoms with van der Waals surface area (Å²) in [4.78, 5) is 53.6. The topological polar surface area (TPSA) is 113 Å². The van der Waals surface area contributed by atoms with Gasteiger partial charge in [0.1, 0.15) is 6.17 Å². The van der Waals surface area contributed by atoms with Crippen molar-refractivity contribution in [1.29, 1.82) is 0 Å². The minimum absolute atomic E-state index is 0.136. The Morgan fingerprint density at radius 3 is 2.26 bits per heavy atom. The highest BCUT2D eigenvalue weighted by atomic mass is 16.2. The van der Waals surface area contributed by atoms with Crippen LogP contribution in [0, 0.1) is 0 Å². The van der Waals surface area contributed by atoms with Crippen molar-refractivity contribution in [1.82, 2.24) is 4.90 Å². The van der Waals surface area contributed by atoms with Crippen LogP contribution in [0.1, 0.15) is 55.6 Å². The second-order valence-electron chi connectivity index (χ2n) is 8.25. The summed E-state index contributed by atoms with van der Waals surface area (Å²) in [6.45, 7) is 0.310. The van der Waals surface area contributed by atoms with Gasteiger partial charge in [-0.15, -0.1) is 0 Å². The monoisotopic (exact) mass is 454 g/mol. The van der Waals surface area contributed by atoms with Crippen LogP contribution in [0.2, 0.25) is 0 Å². The molecular formula is C26H22N4O4. The molecule has 0 fully saturated rings. The summed E-state index contributed by atoms with van der Waals surface area (Å²) in [6, 6.07) is 20.7. The Morgan fingerprint density at radius 1 is 0.853 bits per heavy atom. The zero-order valence-corrected chi connectivity index (χ0v) is 18.2. The van der Waals surface area contributed by atoms with Crippen LogP contribution in [0.4, 0.5) is 11.4 Å². The van der Waals surface area contributed by atoms with Crippen molar-refractivity contribution >= 4 is 35.0 Å². The smallest absolute Gasteiger partial charge is 0.260 e. The van der Waals surface area contributed by atoms with E-state index in [1.807, 2.05) is 24.3 Å². The molecule has 2 aliphatic heterocycles. The molecule has 3 N–H and O–H groups in total. The Bertz CT molecular complexity index is 1320. The SMILES string of the molecule is NC(=O)c1ccc(NC(=O)CCCN2C(=O)c3ccccc3N3C(=O)c4ccccc4[C@@H]23)cc1. The third-order valence-electron chi connectivity index (χ3n) is 6.14. The van der Waals surface area contributed by atoms with Gasteiger partial charge < -0.3 is 16.0 Å². The maximum Gasteiger partial charge on any atom is 0.260 e. The first-order valence-electron chi connectivity index (χ1n) is 11.0.